The molecule has 0 aliphatic rings. The van der Waals surface area contributed by atoms with Crippen molar-refractivity contribution in [3.05, 3.63) is 77.7 Å². The van der Waals surface area contributed by atoms with Gasteiger partial charge in [-0.1, -0.05) is 12.1 Å². The van der Waals surface area contributed by atoms with E-state index in [9.17, 15) is 4.79 Å². The third kappa shape index (κ3) is 3.37. The third-order valence-electron chi connectivity index (χ3n) is 4.54. The maximum absolute atomic E-state index is 11.6. The Bertz CT molecular complexity index is 1120. The van der Waals surface area contributed by atoms with Crippen molar-refractivity contribution in [1.82, 2.24) is 15.0 Å². The molecule has 6 nitrogen and oxygen atoms in total. The van der Waals surface area contributed by atoms with Gasteiger partial charge in [-0.2, -0.15) is 0 Å². The maximum atomic E-state index is 11.6. The van der Waals surface area contributed by atoms with Crippen LogP contribution in [0, 0.1) is 6.92 Å². The van der Waals surface area contributed by atoms with Crippen LogP contribution in [0.3, 0.4) is 0 Å². The fourth-order valence-electron chi connectivity index (χ4n) is 3.11. The first-order valence-corrected chi connectivity index (χ1v) is 8.63. The highest BCUT2D eigenvalue weighted by atomic mass is 16.1. The summed E-state index contributed by atoms with van der Waals surface area (Å²) in [7, 11) is 0. The first kappa shape index (κ1) is 16.8. The molecule has 0 aliphatic carbocycles. The molecule has 0 radical (unpaired) electrons. The summed E-state index contributed by atoms with van der Waals surface area (Å²) in [6.07, 6.45) is 5.43. The molecule has 3 aromatic heterocycles. The normalized spacial score (nSPS) is 10.9. The monoisotopic (exact) mass is 357 g/mol. The number of nitrogens with two attached hydrogens (primary N) is 1. The smallest absolute Gasteiger partial charge is 0.248 e. The quantitative estimate of drug-likeness (QED) is 0.508. The Morgan fingerprint density at radius 3 is 2.85 bits per heavy atom. The van der Waals surface area contributed by atoms with Crippen LogP contribution >= 0.6 is 0 Å². The Morgan fingerprint density at radius 1 is 1.19 bits per heavy atom. The Morgan fingerprint density at radius 2 is 2.07 bits per heavy atom. The molecular weight excluding hydrogens is 338 g/mol. The van der Waals surface area contributed by atoms with Gasteiger partial charge < -0.3 is 16.0 Å². The number of aromatic nitrogens is 3. The number of primary amides is 1. The minimum atomic E-state index is -0.439. The molecule has 4 N–H and O–H groups in total. The zero-order valence-electron chi connectivity index (χ0n) is 14.9. The lowest BCUT2D eigenvalue weighted by molar-refractivity contribution is 0.100. The van der Waals surface area contributed by atoms with E-state index in [1.165, 1.54) is 0 Å². The molecule has 1 amide bonds. The number of fused-ring (bicyclic) bond motifs is 1. The fraction of sp³-hybridized carbons (Fsp3) is 0.0952. The van der Waals surface area contributed by atoms with Crippen molar-refractivity contribution in [2.24, 2.45) is 5.73 Å². The van der Waals surface area contributed by atoms with Crippen LogP contribution in [0.15, 0.2) is 61.1 Å². The van der Waals surface area contributed by atoms with Crippen molar-refractivity contribution in [2.75, 3.05) is 5.32 Å². The van der Waals surface area contributed by atoms with Crippen LogP contribution in [-0.2, 0) is 6.54 Å². The summed E-state index contributed by atoms with van der Waals surface area (Å²) in [5.41, 5.74) is 10.8. The number of benzene rings is 1. The topological polar surface area (TPSA) is 96.7 Å². The van der Waals surface area contributed by atoms with E-state index in [0.717, 1.165) is 39.1 Å². The van der Waals surface area contributed by atoms with Gasteiger partial charge in [-0.15, -0.1) is 0 Å². The number of H-pyrrole nitrogens is 1. The molecule has 6 heteroatoms. The second-order valence-corrected chi connectivity index (χ2v) is 6.40. The largest absolute Gasteiger partial charge is 0.366 e. The summed E-state index contributed by atoms with van der Waals surface area (Å²) < 4.78 is 0. The van der Waals surface area contributed by atoms with Crippen molar-refractivity contribution in [1.29, 1.82) is 0 Å². The molecule has 4 rings (SSSR count). The highest BCUT2D eigenvalue weighted by Gasteiger charge is 2.13. The van der Waals surface area contributed by atoms with Crippen molar-refractivity contribution < 1.29 is 4.79 Å². The number of carbonyl (C=O) groups excluding carboxylic acids is 1. The van der Waals surface area contributed by atoms with Gasteiger partial charge in [0.1, 0.15) is 11.5 Å². The number of hydrogen-bond donors (Lipinski definition) is 3. The fourth-order valence-corrected chi connectivity index (χ4v) is 3.11. The molecule has 0 bridgehead atoms. The molecular formula is C21H19N5O. The number of nitrogens with zero attached hydrogens (tertiary/aromatic N) is 2. The lowest BCUT2D eigenvalue weighted by Gasteiger charge is -2.12. The zero-order valence-corrected chi connectivity index (χ0v) is 14.9. The molecule has 134 valence electrons. The molecule has 1 aromatic carbocycles. The van der Waals surface area contributed by atoms with Gasteiger partial charge in [0.2, 0.25) is 5.91 Å². The number of anilines is 1. The minimum Gasteiger partial charge on any atom is -0.366 e. The Kier molecular flexibility index (Phi) is 4.30. The van der Waals surface area contributed by atoms with Crippen LogP contribution in [-0.4, -0.2) is 20.9 Å². The van der Waals surface area contributed by atoms with Crippen molar-refractivity contribution in [3.63, 3.8) is 0 Å². The van der Waals surface area contributed by atoms with E-state index in [2.05, 4.69) is 20.3 Å². The number of nitrogens with one attached hydrogen (secondary N) is 2. The summed E-state index contributed by atoms with van der Waals surface area (Å²) in [6.45, 7) is 2.63. The molecule has 0 aliphatic heterocycles. The summed E-state index contributed by atoms with van der Waals surface area (Å²) >= 11 is 0. The Hall–Kier alpha value is -3.67. The Balaban J connectivity index is 1.77. The minimum absolute atomic E-state index is 0.439. The molecule has 3 heterocycles. The van der Waals surface area contributed by atoms with Gasteiger partial charge in [0.15, 0.2) is 0 Å². The van der Waals surface area contributed by atoms with Crippen molar-refractivity contribution in [3.8, 4) is 11.1 Å². The number of aromatic amines is 1. The van der Waals surface area contributed by atoms with Crippen molar-refractivity contribution in [2.45, 2.75) is 13.5 Å². The lowest BCUT2D eigenvalue weighted by Crippen LogP contribution is -2.11. The molecule has 0 atom stereocenters. The Labute approximate surface area is 156 Å². The number of aryl methyl sites for hydroxylation is 1. The average Bonchev–Trinajstić information content (AvgIpc) is 3.15. The first-order chi connectivity index (χ1) is 13.1. The lowest BCUT2D eigenvalue weighted by atomic mass is 9.96. The standard InChI is InChI=1S/C21H19N5O/c1-13-4-5-15(20(22)27)9-17(13)18-10-19(26-21-16(18)6-8-24-21)25-12-14-3-2-7-23-11-14/h2-11H,12H2,1H3,(H2,22,27)(H2,24,25,26). The van der Waals surface area contributed by atoms with E-state index >= 15 is 0 Å². The average molecular weight is 357 g/mol. The van der Waals surface area contributed by atoms with Gasteiger partial charge in [0.25, 0.3) is 0 Å². The van der Waals surface area contributed by atoms with Gasteiger partial charge in [-0.3, -0.25) is 9.78 Å². The van der Waals surface area contributed by atoms with Gasteiger partial charge in [0.05, 0.1) is 0 Å². The summed E-state index contributed by atoms with van der Waals surface area (Å²) in [5, 5.41) is 4.34. The molecule has 27 heavy (non-hydrogen) atoms. The van der Waals surface area contributed by atoms with E-state index in [-0.39, 0.29) is 0 Å². The van der Waals surface area contributed by atoms with E-state index < -0.39 is 5.91 Å². The first-order valence-electron chi connectivity index (χ1n) is 8.63. The summed E-state index contributed by atoms with van der Waals surface area (Å²) in [5.74, 6) is 0.304. The maximum Gasteiger partial charge on any atom is 0.248 e. The van der Waals surface area contributed by atoms with Crippen LogP contribution in [0.2, 0.25) is 0 Å². The number of rotatable bonds is 5. The molecule has 0 saturated carbocycles. The van der Waals surface area contributed by atoms with Gasteiger partial charge in [-0.05, 0) is 59.5 Å². The van der Waals surface area contributed by atoms with E-state index in [4.69, 9.17) is 5.73 Å². The highest BCUT2D eigenvalue weighted by Crippen LogP contribution is 2.32. The predicted molar refractivity (Wildman–Crippen MR) is 106 cm³/mol. The van der Waals surface area contributed by atoms with Gasteiger partial charge in [0, 0.05) is 36.1 Å². The van der Waals surface area contributed by atoms with Crippen LogP contribution in [0.1, 0.15) is 21.5 Å². The molecule has 0 spiro atoms. The predicted octanol–water partition coefficient (Wildman–Crippen LogP) is 3.64. The third-order valence-corrected chi connectivity index (χ3v) is 4.54. The number of hydrogen-bond acceptors (Lipinski definition) is 4. The van der Waals surface area contributed by atoms with Crippen molar-refractivity contribution >= 4 is 22.8 Å². The van der Waals surface area contributed by atoms with E-state index in [1.807, 2.05) is 55.7 Å². The molecule has 0 saturated heterocycles. The van der Waals surface area contributed by atoms with Gasteiger partial charge >= 0.3 is 0 Å². The summed E-state index contributed by atoms with van der Waals surface area (Å²) in [4.78, 5) is 23.6. The van der Waals surface area contributed by atoms with E-state index in [1.54, 1.807) is 12.3 Å². The molecule has 0 fully saturated rings. The second-order valence-electron chi connectivity index (χ2n) is 6.40. The van der Waals surface area contributed by atoms with Crippen LogP contribution in [0.25, 0.3) is 22.2 Å². The highest BCUT2D eigenvalue weighted by molar-refractivity contribution is 5.99. The molecule has 0 unspecified atom stereocenters. The van der Waals surface area contributed by atoms with Crippen LogP contribution in [0.5, 0.6) is 0 Å². The number of carbonyl (C=O) groups is 1. The number of pyridine rings is 2. The zero-order chi connectivity index (χ0) is 18.8. The summed E-state index contributed by atoms with van der Waals surface area (Å²) in [6, 6.07) is 13.4. The number of amides is 1. The second kappa shape index (κ2) is 6.92. The van der Waals surface area contributed by atoms with E-state index in [0.29, 0.717) is 12.1 Å². The van der Waals surface area contributed by atoms with Crippen LogP contribution < -0.4 is 11.1 Å². The molecule has 4 aromatic rings. The van der Waals surface area contributed by atoms with Gasteiger partial charge in [-0.25, -0.2) is 4.98 Å². The SMILES string of the molecule is Cc1ccc(C(N)=O)cc1-c1cc(NCc2cccnc2)nc2[nH]ccc12. The van der Waals surface area contributed by atoms with Crippen LogP contribution in [0.4, 0.5) is 5.82 Å².